The van der Waals surface area contributed by atoms with Crippen LogP contribution in [0.4, 0.5) is 5.69 Å². The molecule has 1 N–H and O–H groups in total. The van der Waals surface area contributed by atoms with Crippen LogP contribution in [-0.4, -0.2) is 30.6 Å². The van der Waals surface area contributed by atoms with Gasteiger partial charge in [-0.25, -0.2) is 0 Å². The number of nitrogens with zero attached hydrogens (tertiary/aromatic N) is 1. The summed E-state index contributed by atoms with van der Waals surface area (Å²) in [6, 6.07) is 6.17. The second-order valence-electron chi connectivity index (χ2n) is 5.31. The van der Waals surface area contributed by atoms with Crippen LogP contribution in [0.2, 0.25) is 10.0 Å². The van der Waals surface area contributed by atoms with Crippen molar-refractivity contribution in [1.82, 2.24) is 4.90 Å². The molecule has 2 rings (SSSR count). The monoisotopic (exact) mass is 300 g/mol. The number of likely N-dealkylation sites (tertiary alicyclic amines) is 1. The van der Waals surface area contributed by atoms with Crippen LogP contribution in [0.1, 0.15) is 26.7 Å². The average Bonchev–Trinajstić information content (AvgIpc) is 2.44. The maximum atomic E-state index is 6.22. The van der Waals surface area contributed by atoms with Crippen molar-refractivity contribution < 1.29 is 0 Å². The molecule has 0 spiro atoms. The maximum absolute atomic E-state index is 6.22. The van der Waals surface area contributed by atoms with E-state index < -0.39 is 0 Å². The van der Waals surface area contributed by atoms with Crippen molar-refractivity contribution in [3.8, 4) is 0 Å². The van der Waals surface area contributed by atoms with E-state index in [-0.39, 0.29) is 0 Å². The van der Waals surface area contributed by atoms with Gasteiger partial charge >= 0.3 is 0 Å². The third-order valence-corrected chi connectivity index (χ3v) is 4.94. The molecule has 1 aliphatic rings. The number of halogens is 2. The fourth-order valence-corrected chi connectivity index (χ4v) is 3.10. The lowest BCUT2D eigenvalue weighted by atomic mass is 9.90. The van der Waals surface area contributed by atoms with E-state index in [1.54, 1.807) is 0 Å². The number of benzene rings is 1. The molecular weight excluding hydrogens is 279 g/mol. The standard InChI is InChI=1S/C15H22Cl2N2/c1-3-19-9-7-12(8-10-19)11(2)18-14-6-4-5-13(16)15(14)17/h4-6,11-12,18H,3,7-10H2,1-2H3. The lowest BCUT2D eigenvalue weighted by molar-refractivity contribution is 0.183. The Hall–Kier alpha value is -0.440. The summed E-state index contributed by atoms with van der Waals surface area (Å²) in [6.45, 7) is 8.04. The molecule has 1 atom stereocenters. The molecule has 0 aliphatic carbocycles. The lowest BCUT2D eigenvalue weighted by Crippen LogP contribution is -2.39. The Morgan fingerprint density at radius 1 is 1.32 bits per heavy atom. The van der Waals surface area contributed by atoms with E-state index in [1.165, 1.54) is 25.9 Å². The molecule has 1 saturated heterocycles. The van der Waals surface area contributed by atoms with Crippen LogP contribution in [0.5, 0.6) is 0 Å². The third-order valence-electron chi connectivity index (χ3n) is 4.12. The first-order valence-corrected chi connectivity index (χ1v) is 7.80. The van der Waals surface area contributed by atoms with Crippen molar-refractivity contribution in [2.75, 3.05) is 25.0 Å². The summed E-state index contributed by atoms with van der Waals surface area (Å²) in [5, 5.41) is 4.76. The van der Waals surface area contributed by atoms with Gasteiger partial charge in [0.2, 0.25) is 0 Å². The number of hydrogen-bond acceptors (Lipinski definition) is 2. The van der Waals surface area contributed by atoms with E-state index in [0.717, 1.165) is 12.2 Å². The second-order valence-corrected chi connectivity index (χ2v) is 6.09. The molecule has 19 heavy (non-hydrogen) atoms. The zero-order valence-corrected chi connectivity index (χ0v) is 13.1. The van der Waals surface area contributed by atoms with Crippen LogP contribution in [0.15, 0.2) is 18.2 Å². The summed E-state index contributed by atoms with van der Waals surface area (Å²) < 4.78 is 0. The molecule has 0 radical (unpaired) electrons. The van der Waals surface area contributed by atoms with Gasteiger partial charge < -0.3 is 10.2 Å². The number of rotatable bonds is 4. The molecule has 1 aliphatic heterocycles. The molecule has 1 fully saturated rings. The normalized spacial score (nSPS) is 19.4. The number of anilines is 1. The van der Waals surface area contributed by atoms with Gasteiger partial charge in [-0.3, -0.25) is 0 Å². The van der Waals surface area contributed by atoms with Gasteiger partial charge in [0.05, 0.1) is 15.7 Å². The summed E-state index contributed by atoms with van der Waals surface area (Å²) in [4.78, 5) is 2.51. The molecule has 106 valence electrons. The van der Waals surface area contributed by atoms with E-state index in [2.05, 4.69) is 24.1 Å². The van der Waals surface area contributed by atoms with Crippen molar-refractivity contribution in [3.05, 3.63) is 28.2 Å². The Labute approximate surface area is 126 Å². The van der Waals surface area contributed by atoms with E-state index in [4.69, 9.17) is 23.2 Å². The Morgan fingerprint density at radius 2 is 2.00 bits per heavy atom. The smallest absolute Gasteiger partial charge is 0.0823 e. The molecule has 0 bridgehead atoms. The van der Waals surface area contributed by atoms with Crippen LogP contribution < -0.4 is 5.32 Å². The van der Waals surface area contributed by atoms with E-state index in [1.807, 2.05) is 18.2 Å². The minimum Gasteiger partial charge on any atom is -0.381 e. The molecule has 0 aromatic heterocycles. The van der Waals surface area contributed by atoms with Crippen molar-refractivity contribution in [2.45, 2.75) is 32.7 Å². The predicted octanol–water partition coefficient (Wildman–Crippen LogP) is 4.53. The van der Waals surface area contributed by atoms with Crippen LogP contribution in [0.25, 0.3) is 0 Å². The SMILES string of the molecule is CCN1CCC(C(C)Nc2cccc(Cl)c2Cl)CC1. The highest BCUT2D eigenvalue weighted by atomic mass is 35.5. The van der Waals surface area contributed by atoms with Crippen LogP contribution in [0, 0.1) is 5.92 Å². The average molecular weight is 301 g/mol. The van der Waals surface area contributed by atoms with Gasteiger partial charge in [0.15, 0.2) is 0 Å². The van der Waals surface area contributed by atoms with Crippen LogP contribution in [0.3, 0.4) is 0 Å². The molecule has 1 unspecified atom stereocenters. The highest BCUT2D eigenvalue weighted by molar-refractivity contribution is 6.43. The summed E-state index contributed by atoms with van der Waals surface area (Å²) in [6.07, 6.45) is 2.50. The summed E-state index contributed by atoms with van der Waals surface area (Å²) >= 11 is 12.3. The van der Waals surface area contributed by atoms with Crippen molar-refractivity contribution in [1.29, 1.82) is 0 Å². The topological polar surface area (TPSA) is 15.3 Å². The minimum absolute atomic E-state index is 0.426. The fraction of sp³-hybridized carbons (Fsp3) is 0.600. The first kappa shape index (κ1) is 15.0. The molecular formula is C15H22Cl2N2. The molecule has 1 heterocycles. The van der Waals surface area contributed by atoms with Gasteiger partial charge in [-0.2, -0.15) is 0 Å². The largest absolute Gasteiger partial charge is 0.381 e. The zero-order chi connectivity index (χ0) is 13.8. The molecule has 1 aromatic rings. The fourth-order valence-electron chi connectivity index (χ4n) is 2.75. The van der Waals surface area contributed by atoms with E-state index >= 15 is 0 Å². The highest BCUT2D eigenvalue weighted by Gasteiger charge is 2.23. The van der Waals surface area contributed by atoms with Crippen molar-refractivity contribution in [3.63, 3.8) is 0 Å². The second kappa shape index (κ2) is 6.83. The zero-order valence-electron chi connectivity index (χ0n) is 11.6. The Morgan fingerprint density at radius 3 is 2.63 bits per heavy atom. The molecule has 0 amide bonds. The van der Waals surface area contributed by atoms with Gasteiger partial charge in [-0.15, -0.1) is 0 Å². The van der Waals surface area contributed by atoms with E-state index in [0.29, 0.717) is 22.0 Å². The minimum atomic E-state index is 0.426. The number of hydrogen-bond donors (Lipinski definition) is 1. The highest BCUT2D eigenvalue weighted by Crippen LogP contribution is 2.31. The quantitative estimate of drug-likeness (QED) is 0.879. The van der Waals surface area contributed by atoms with Gasteiger partial charge in [0.1, 0.15) is 0 Å². The first-order chi connectivity index (χ1) is 9.11. The van der Waals surface area contributed by atoms with Crippen molar-refractivity contribution >= 4 is 28.9 Å². The molecule has 2 nitrogen and oxygen atoms in total. The summed E-state index contributed by atoms with van der Waals surface area (Å²) in [5.41, 5.74) is 0.944. The van der Waals surface area contributed by atoms with E-state index in [9.17, 15) is 0 Å². The third kappa shape index (κ3) is 3.77. The number of piperidine rings is 1. The van der Waals surface area contributed by atoms with Crippen LogP contribution >= 0.6 is 23.2 Å². The Balaban J connectivity index is 1.94. The van der Waals surface area contributed by atoms with Crippen molar-refractivity contribution in [2.24, 2.45) is 5.92 Å². The molecule has 0 saturated carbocycles. The van der Waals surface area contributed by atoms with Crippen LogP contribution in [-0.2, 0) is 0 Å². The maximum Gasteiger partial charge on any atom is 0.0823 e. The van der Waals surface area contributed by atoms with Gasteiger partial charge in [0.25, 0.3) is 0 Å². The van der Waals surface area contributed by atoms with Gasteiger partial charge in [-0.05, 0) is 57.5 Å². The summed E-state index contributed by atoms with van der Waals surface area (Å²) in [5.74, 6) is 0.706. The molecule has 4 heteroatoms. The Bertz CT molecular complexity index is 415. The predicted molar refractivity (Wildman–Crippen MR) is 84.4 cm³/mol. The summed E-state index contributed by atoms with van der Waals surface area (Å²) in [7, 11) is 0. The number of nitrogens with one attached hydrogen (secondary N) is 1. The van der Waals surface area contributed by atoms with Gasteiger partial charge in [-0.1, -0.05) is 36.2 Å². The van der Waals surface area contributed by atoms with Gasteiger partial charge in [0, 0.05) is 6.04 Å². The molecule has 1 aromatic carbocycles. The lowest BCUT2D eigenvalue weighted by Gasteiger charge is -2.35. The Kier molecular flexibility index (Phi) is 5.37. The first-order valence-electron chi connectivity index (χ1n) is 7.04.